The first-order valence-electron chi connectivity index (χ1n) is 7.19. The van der Waals surface area contributed by atoms with Gasteiger partial charge in [-0.2, -0.15) is 0 Å². The number of carbonyl (C=O) groups is 2. The lowest BCUT2D eigenvalue weighted by Gasteiger charge is -2.24. The van der Waals surface area contributed by atoms with E-state index >= 15 is 0 Å². The second kappa shape index (κ2) is 6.07. The lowest BCUT2D eigenvalue weighted by Crippen LogP contribution is -2.35. The third kappa shape index (κ3) is 3.00. The summed E-state index contributed by atoms with van der Waals surface area (Å²) in [5.74, 6) is -1.03. The van der Waals surface area contributed by atoms with Gasteiger partial charge >= 0.3 is 5.97 Å². The van der Waals surface area contributed by atoms with Gasteiger partial charge in [0.05, 0.1) is 5.56 Å². The van der Waals surface area contributed by atoms with E-state index in [1.54, 1.807) is 12.1 Å². The molecule has 0 bridgehead atoms. The van der Waals surface area contributed by atoms with Crippen LogP contribution in [0, 0.1) is 6.92 Å². The van der Waals surface area contributed by atoms with Crippen LogP contribution in [-0.2, 0) is 0 Å². The molecule has 1 atom stereocenters. The highest BCUT2D eigenvalue weighted by molar-refractivity contribution is 5.98. The monoisotopic (exact) mass is 275 g/mol. The number of carbonyl (C=O) groups excluding carboxylic acids is 1. The second-order valence-electron chi connectivity index (χ2n) is 5.48. The SMILES string of the molecule is CCCC1CCCN1C(=O)c1cc(C)cc(C(=O)O)c1. The Morgan fingerprint density at radius 2 is 2.00 bits per heavy atom. The maximum atomic E-state index is 12.6. The van der Waals surface area contributed by atoms with Gasteiger partial charge in [-0.05, 0) is 49.9 Å². The predicted molar refractivity (Wildman–Crippen MR) is 77.1 cm³/mol. The molecule has 20 heavy (non-hydrogen) atoms. The highest BCUT2D eigenvalue weighted by Gasteiger charge is 2.29. The van der Waals surface area contributed by atoms with Crippen molar-refractivity contribution in [2.45, 2.75) is 45.6 Å². The Morgan fingerprint density at radius 3 is 2.65 bits per heavy atom. The average molecular weight is 275 g/mol. The summed E-state index contributed by atoms with van der Waals surface area (Å²) in [7, 11) is 0. The summed E-state index contributed by atoms with van der Waals surface area (Å²) in [6.07, 6.45) is 4.16. The van der Waals surface area contributed by atoms with E-state index in [1.807, 2.05) is 11.8 Å². The predicted octanol–water partition coefficient (Wildman–Crippen LogP) is 3.10. The summed E-state index contributed by atoms with van der Waals surface area (Å²) in [4.78, 5) is 25.6. The second-order valence-corrected chi connectivity index (χ2v) is 5.48. The summed E-state index contributed by atoms with van der Waals surface area (Å²) < 4.78 is 0. The van der Waals surface area contributed by atoms with Crippen molar-refractivity contribution in [2.75, 3.05) is 6.54 Å². The molecule has 0 aromatic heterocycles. The Bertz CT molecular complexity index is 524. The van der Waals surface area contributed by atoms with Crippen LogP contribution in [0.15, 0.2) is 18.2 Å². The Labute approximate surface area is 119 Å². The van der Waals surface area contributed by atoms with Crippen molar-refractivity contribution in [3.63, 3.8) is 0 Å². The van der Waals surface area contributed by atoms with Crippen LogP contribution >= 0.6 is 0 Å². The minimum absolute atomic E-state index is 0.0350. The van der Waals surface area contributed by atoms with Gasteiger partial charge in [-0.15, -0.1) is 0 Å². The summed E-state index contributed by atoms with van der Waals surface area (Å²) in [5, 5.41) is 9.09. The minimum Gasteiger partial charge on any atom is -0.478 e. The van der Waals surface area contributed by atoms with Crippen molar-refractivity contribution < 1.29 is 14.7 Å². The fraction of sp³-hybridized carbons (Fsp3) is 0.500. The van der Waals surface area contributed by atoms with E-state index in [1.165, 1.54) is 6.07 Å². The van der Waals surface area contributed by atoms with E-state index in [0.717, 1.165) is 37.8 Å². The number of benzene rings is 1. The minimum atomic E-state index is -0.991. The molecule has 1 amide bonds. The molecule has 4 nitrogen and oxygen atoms in total. The lowest BCUT2D eigenvalue weighted by molar-refractivity contribution is 0.0696. The van der Waals surface area contributed by atoms with Crippen molar-refractivity contribution in [2.24, 2.45) is 0 Å². The van der Waals surface area contributed by atoms with Crippen LogP contribution in [0.4, 0.5) is 0 Å². The molecule has 4 heteroatoms. The van der Waals surface area contributed by atoms with E-state index in [9.17, 15) is 9.59 Å². The number of carboxylic acids is 1. The van der Waals surface area contributed by atoms with Gasteiger partial charge in [0, 0.05) is 18.2 Å². The van der Waals surface area contributed by atoms with Crippen LogP contribution in [0.2, 0.25) is 0 Å². The van der Waals surface area contributed by atoms with Crippen LogP contribution in [0.25, 0.3) is 0 Å². The van der Waals surface area contributed by atoms with Gasteiger partial charge in [0.15, 0.2) is 0 Å². The van der Waals surface area contributed by atoms with Crippen molar-refractivity contribution in [1.29, 1.82) is 0 Å². The molecular formula is C16H21NO3. The van der Waals surface area contributed by atoms with Gasteiger partial charge in [-0.3, -0.25) is 4.79 Å². The molecule has 1 heterocycles. The number of hydrogen-bond acceptors (Lipinski definition) is 2. The number of rotatable bonds is 4. The maximum absolute atomic E-state index is 12.6. The number of aryl methyl sites for hydroxylation is 1. The largest absolute Gasteiger partial charge is 0.478 e. The number of nitrogens with zero attached hydrogens (tertiary/aromatic N) is 1. The van der Waals surface area contributed by atoms with Gasteiger partial charge in [0.2, 0.25) is 0 Å². The number of likely N-dealkylation sites (tertiary alicyclic amines) is 1. The molecule has 108 valence electrons. The molecule has 1 aromatic carbocycles. The molecule has 0 saturated carbocycles. The first kappa shape index (κ1) is 14.6. The van der Waals surface area contributed by atoms with Crippen LogP contribution in [-0.4, -0.2) is 34.5 Å². The summed E-state index contributed by atoms with van der Waals surface area (Å²) in [6, 6.07) is 5.16. The zero-order chi connectivity index (χ0) is 14.7. The molecule has 1 aliphatic heterocycles. The third-order valence-corrected chi connectivity index (χ3v) is 3.83. The molecule has 1 unspecified atom stereocenters. The molecule has 1 saturated heterocycles. The maximum Gasteiger partial charge on any atom is 0.335 e. The zero-order valence-corrected chi connectivity index (χ0v) is 12.1. The first-order chi connectivity index (χ1) is 9.52. The van der Waals surface area contributed by atoms with Gasteiger partial charge in [-0.1, -0.05) is 13.3 Å². The van der Waals surface area contributed by atoms with E-state index < -0.39 is 5.97 Å². The van der Waals surface area contributed by atoms with E-state index in [0.29, 0.717) is 11.6 Å². The van der Waals surface area contributed by atoms with E-state index in [4.69, 9.17) is 5.11 Å². The van der Waals surface area contributed by atoms with E-state index in [-0.39, 0.29) is 11.5 Å². The normalized spacial score (nSPS) is 18.3. The van der Waals surface area contributed by atoms with Crippen LogP contribution in [0.5, 0.6) is 0 Å². The number of amides is 1. The van der Waals surface area contributed by atoms with Gasteiger partial charge in [0.25, 0.3) is 5.91 Å². The Kier molecular flexibility index (Phi) is 4.42. The van der Waals surface area contributed by atoms with Crippen LogP contribution in [0.1, 0.15) is 58.9 Å². The topological polar surface area (TPSA) is 57.6 Å². The number of aromatic carboxylic acids is 1. The molecule has 0 aliphatic carbocycles. The highest BCUT2D eigenvalue weighted by Crippen LogP contribution is 2.24. The fourth-order valence-corrected chi connectivity index (χ4v) is 2.93. The molecule has 1 aromatic rings. The van der Waals surface area contributed by atoms with Crippen LogP contribution < -0.4 is 0 Å². The number of hydrogen-bond donors (Lipinski definition) is 1. The molecule has 2 rings (SSSR count). The molecule has 0 radical (unpaired) electrons. The number of carboxylic acid groups (broad SMARTS) is 1. The Balaban J connectivity index is 2.26. The molecule has 1 aliphatic rings. The summed E-state index contributed by atoms with van der Waals surface area (Å²) in [5.41, 5.74) is 1.48. The quantitative estimate of drug-likeness (QED) is 0.918. The average Bonchev–Trinajstić information content (AvgIpc) is 2.85. The van der Waals surface area contributed by atoms with Crippen LogP contribution in [0.3, 0.4) is 0 Å². The highest BCUT2D eigenvalue weighted by atomic mass is 16.4. The molecule has 0 spiro atoms. The van der Waals surface area contributed by atoms with E-state index in [2.05, 4.69) is 6.92 Å². The van der Waals surface area contributed by atoms with Gasteiger partial charge in [-0.25, -0.2) is 4.79 Å². The molecule has 1 fully saturated rings. The van der Waals surface area contributed by atoms with Crippen molar-refractivity contribution in [3.8, 4) is 0 Å². The fourth-order valence-electron chi connectivity index (χ4n) is 2.93. The lowest BCUT2D eigenvalue weighted by atomic mass is 10.0. The summed E-state index contributed by atoms with van der Waals surface area (Å²) in [6.45, 7) is 4.72. The van der Waals surface area contributed by atoms with Crippen molar-refractivity contribution in [1.82, 2.24) is 4.90 Å². The van der Waals surface area contributed by atoms with Crippen molar-refractivity contribution >= 4 is 11.9 Å². The summed E-state index contributed by atoms with van der Waals surface area (Å²) >= 11 is 0. The van der Waals surface area contributed by atoms with Gasteiger partial charge < -0.3 is 10.0 Å². The third-order valence-electron chi connectivity index (χ3n) is 3.83. The molecule has 1 N–H and O–H groups in total. The zero-order valence-electron chi connectivity index (χ0n) is 12.1. The van der Waals surface area contributed by atoms with Crippen molar-refractivity contribution in [3.05, 3.63) is 34.9 Å². The standard InChI is InChI=1S/C16H21NO3/c1-3-5-14-6-4-7-17(14)15(18)12-8-11(2)9-13(10-12)16(19)20/h8-10,14H,3-7H2,1-2H3,(H,19,20). The molecular weight excluding hydrogens is 254 g/mol. The van der Waals surface area contributed by atoms with Gasteiger partial charge in [0.1, 0.15) is 0 Å². The Morgan fingerprint density at radius 1 is 1.30 bits per heavy atom. The Hall–Kier alpha value is -1.84. The first-order valence-corrected chi connectivity index (χ1v) is 7.19. The smallest absolute Gasteiger partial charge is 0.335 e.